The summed E-state index contributed by atoms with van der Waals surface area (Å²) < 4.78 is 17.3. The second kappa shape index (κ2) is 12.5. The predicted octanol–water partition coefficient (Wildman–Crippen LogP) is 4.12. The zero-order chi connectivity index (χ0) is 26.2. The minimum atomic E-state index is -1.40. The number of carbonyl (C=O) groups excluding carboxylic acids is 2. The molecule has 2 aromatic carbocycles. The normalized spacial score (nSPS) is 13.9. The first kappa shape index (κ1) is 28.8. The van der Waals surface area contributed by atoms with Crippen LogP contribution in [0.4, 0.5) is 0 Å². The smallest absolute Gasteiger partial charge is 0.193 e. The van der Waals surface area contributed by atoms with Gasteiger partial charge in [0.05, 0.1) is 38.6 Å². The molecule has 0 aliphatic heterocycles. The molecule has 2 atom stereocenters. The number of benzene rings is 2. The minimum Gasteiger partial charge on any atom is -0.382 e. The fourth-order valence-electron chi connectivity index (χ4n) is 3.18. The van der Waals surface area contributed by atoms with E-state index in [1.54, 1.807) is 24.3 Å². The average molecular weight is 487 g/mol. The highest BCUT2D eigenvalue weighted by atomic mass is 16.6. The van der Waals surface area contributed by atoms with E-state index in [2.05, 4.69) is 0 Å². The molecule has 0 aliphatic rings. The van der Waals surface area contributed by atoms with Crippen molar-refractivity contribution in [2.45, 2.75) is 78.2 Å². The third-order valence-electron chi connectivity index (χ3n) is 5.32. The van der Waals surface area contributed by atoms with Gasteiger partial charge in [-0.15, -0.1) is 0 Å². The molecule has 0 aliphatic carbocycles. The number of hydrogen-bond donors (Lipinski definition) is 2. The van der Waals surface area contributed by atoms with Gasteiger partial charge in [0.25, 0.3) is 0 Å². The Morgan fingerprint density at radius 1 is 0.686 bits per heavy atom. The first-order valence-corrected chi connectivity index (χ1v) is 11.8. The Kier molecular flexibility index (Phi) is 10.3. The Morgan fingerprint density at radius 2 is 1.00 bits per heavy atom. The average Bonchev–Trinajstić information content (AvgIpc) is 2.80. The molecule has 0 spiro atoms. The summed E-state index contributed by atoms with van der Waals surface area (Å²) in [4.78, 5) is 24.2. The van der Waals surface area contributed by atoms with Crippen molar-refractivity contribution in [1.29, 1.82) is 0 Å². The van der Waals surface area contributed by atoms with Gasteiger partial charge >= 0.3 is 0 Å². The molecule has 192 valence electrons. The summed E-state index contributed by atoms with van der Waals surface area (Å²) in [6.45, 7) is 11.3. The van der Waals surface area contributed by atoms with Crippen LogP contribution in [0, 0.1) is 0 Å². The van der Waals surface area contributed by atoms with Crippen LogP contribution >= 0.6 is 0 Å². The molecule has 0 bridgehead atoms. The maximum absolute atomic E-state index is 12.1. The summed E-state index contributed by atoms with van der Waals surface area (Å²) in [5.74, 6) is -0.637. The second-order valence-corrected chi connectivity index (χ2v) is 9.95. The Bertz CT molecular complexity index is 871. The standard InChI is InChI=1S/C28H38O7/c1-19(34-17-21-7-11-23(12-8-21)25(29)27(3,4)31)15-33-16-20(2)35-18-22-9-13-24(14-10-22)26(30)28(5,6)32/h7-14,19-20,31-32H,15-18H2,1-6H3. The van der Waals surface area contributed by atoms with Crippen molar-refractivity contribution < 1.29 is 34.0 Å². The summed E-state index contributed by atoms with van der Waals surface area (Å²) in [6, 6.07) is 14.0. The van der Waals surface area contributed by atoms with Gasteiger partial charge in [-0.05, 0) is 52.7 Å². The summed E-state index contributed by atoms with van der Waals surface area (Å²) in [7, 11) is 0. The van der Waals surface area contributed by atoms with Crippen LogP contribution in [0.3, 0.4) is 0 Å². The van der Waals surface area contributed by atoms with Crippen molar-refractivity contribution in [3.8, 4) is 0 Å². The lowest BCUT2D eigenvalue weighted by atomic mass is 9.96. The minimum absolute atomic E-state index is 0.124. The van der Waals surface area contributed by atoms with Gasteiger partial charge in [0.15, 0.2) is 11.6 Å². The zero-order valence-electron chi connectivity index (χ0n) is 21.5. The van der Waals surface area contributed by atoms with Gasteiger partial charge in [0.2, 0.25) is 0 Å². The summed E-state index contributed by atoms with van der Waals surface area (Å²) in [5, 5.41) is 19.7. The van der Waals surface area contributed by atoms with Crippen LogP contribution in [-0.2, 0) is 27.4 Å². The molecule has 0 fully saturated rings. The molecule has 2 aromatic rings. The van der Waals surface area contributed by atoms with E-state index < -0.39 is 11.2 Å². The van der Waals surface area contributed by atoms with Gasteiger partial charge < -0.3 is 24.4 Å². The molecular weight excluding hydrogens is 448 g/mol. The van der Waals surface area contributed by atoms with Crippen molar-refractivity contribution in [3.05, 3.63) is 70.8 Å². The fraction of sp³-hybridized carbons (Fsp3) is 0.500. The largest absolute Gasteiger partial charge is 0.382 e. The second-order valence-electron chi connectivity index (χ2n) is 9.95. The maximum atomic E-state index is 12.1. The van der Waals surface area contributed by atoms with Gasteiger partial charge in [-0.25, -0.2) is 0 Å². The van der Waals surface area contributed by atoms with Gasteiger partial charge in [0, 0.05) is 11.1 Å². The Hall–Kier alpha value is -2.42. The third-order valence-corrected chi connectivity index (χ3v) is 5.32. The molecule has 0 heterocycles. The van der Waals surface area contributed by atoms with Crippen molar-refractivity contribution in [3.63, 3.8) is 0 Å². The number of ether oxygens (including phenoxy) is 3. The van der Waals surface area contributed by atoms with E-state index in [1.165, 1.54) is 27.7 Å². The molecule has 7 nitrogen and oxygen atoms in total. The van der Waals surface area contributed by atoms with Gasteiger partial charge in [-0.3, -0.25) is 9.59 Å². The molecule has 2 rings (SSSR count). The lowest BCUT2D eigenvalue weighted by Gasteiger charge is -2.18. The molecule has 7 heteroatoms. The fourth-order valence-corrected chi connectivity index (χ4v) is 3.18. The van der Waals surface area contributed by atoms with Gasteiger partial charge in [-0.2, -0.15) is 0 Å². The summed E-state index contributed by atoms with van der Waals surface area (Å²) >= 11 is 0. The molecule has 2 N–H and O–H groups in total. The van der Waals surface area contributed by atoms with Crippen molar-refractivity contribution in [2.24, 2.45) is 0 Å². The number of carbonyl (C=O) groups is 2. The van der Waals surface area contributed by atoms with Crippen molar-refractivity contribution in [2.75, 3.05) is 13.2 Å². The van der Waals surface area contributed by atoms with Crippen LogP contribution in [0.1, 0.15) is 73.4 Å². The van der Waals surface area contributed by atoms with Crippen LogP contribution in [0.25, 0.3) is 0 Å². The first-order valence-electron chi connectivity index (χ1n) is 11.8. The highest BCUT2D eigenvalue weighted by Crippen LogP contribution is 2.16. The lowest BCUT2D eigenvalue weighted by molar-refractivity contribution is -0.0545. The first-order chi connectivity index (χ1) is 16.3. The molecular formula is C28H38O7. The molecule has 0 radical (unpaired) electrons. The predicted molar refractivity (Wildman–Crippen MR) is 133 cm³/mol. The van der Waals surface area contributed by atoms with Gasteiger partial charge in [0.1, 0.15) is 11.2 Å². The maximum Gasteiger partial charge on any atom is 0.193 e. The van der Waals surface area contributed by atoms with E-state index >= 15 is 0 Å². The summed E-state index contributed by atoms with van der Waals surface area (Å²) in [5.41, 5.74) is -0.0105. The van der Waals surface area contributed by atoms with E-state index in [4.69, 9.17) is 14.2 Å². The Balaban J connectivity index is 1.67. The summed E-state index contributed by atoms with van der Waals surface area (Å²) in [6.07, 6.45) is -0.249. The number of aliphatic hydroxyl groups is 2. The van der Waals surface area contributed by atoms with Crippen LogP contribution < -0.4 is 0 Å². The Labute approximate surface area is 208 Å². The van der Waals surface area contributed by atoms with Crippen molar-refractivity contribution >= 4 is 11.6 Å². The molecule has 0 amide bonds. The van der Waals surface area contributed by atoms with E-state index in [1.807, 2.05) is 38.1 Å². The van der Waals surface area contributed by atoms with Gasteiger partial charge in [-0.1, -0.05) is 48.5 Å². The molecule has 0 saturated carbocycles. The van der Waals surface area contributed by atoms with E-state index in [0.29, 0.717) is 37.6 Å². The molecule has 0 aromatic heterocycles. The van der Waals surface area contributed by atoms with E-state index in [-0.39, 0.29) is 23.8 Å². The third kappa shape index (κ3) is 9.63. The van der Waals surface area contributed by atoms with E-state index in [0.717, 1.165) is 11.1 Å². The lowest BCUT2D eigenvalue weighted by Crippen LogP contribution is -2.31. The SMILES string of the molecule is CC(COCC(C)OCc1ccc(C(=O)C(C)(C)O)cc1)OCc1ccc(C(=O)C(C)(C)O)cc1. The van der Waals surface area contributed by atoms with E-state index in [9.17, 15) is 19.8 Å². The topological polar surface area (TPSA) is 102 Å². The van der Waals surface area contributed by atoms with Crippen molar-refractivity contribution in [1.82, 2.24) is 0 Å². The highest BCUT2D eigenvalue weighted by Gasteiger charge is 2.25. The molecule has 35 heavy (non-hydrogen) atoms. The number of ketones is 2. The number of Topliss-reactive ketones (excluding diaryl/α,β-unsaturated/α-hetero) is 2. The molecule has 2 unspecified atom stereocenters. The zero-order valence-corrected chi connectivity index (χ0v) is 21.5. The van der Waals surface area contributed by atoms with Crippen LogP contribution in [0.15, 0.2) is 48.5 Å². The van der Waals surface area contributed by atoms with Crippen LogP contribution in [-0.4, -0.2) is 58.4 Å². The van der Waals surface area contributed by atoms with Crippen LogP contribution in [0.5, 0.6) is 0 Å². The number of rotatable bonds is 14. The van der Waals surface area contributed by atoms with Crippen LogP contribution in [0.2, 0.25) is 0 Å². The highest BCUT2D eigenvalue weighted by molar-refractivity contribution is 6.02. The number of hydrogen-bond acceptors (Lipinski definition) is 7. The Morgan fingerprint density at radius 3 is 1.29 bits per heavy atom. The molecule has 0 saturated heterocycles. The monoisotopic (exact) mass is 486 g/mol. The quantitative estimate of drug-likeness (QED) is 0.387.